The van der Waals surface area contributed by atoms with Gasteiger partial charge in [0.15, 0.2) is 0 Å². The molecule has 0 amide bonds. The Bertz CT molecular complexity index is 424. The molecule has 0 saturated heterocycles. The third-order valence-electron chi connectivity index (χ3n) is 2.12. The van der Waals surface area contributed by atoms with E-state index >= 15 is 0 Å². The molecule has 0 aliphatic carbocycles. The number of nitrogens with zero attached hydrogens (tertiary/aromatic N) is 1. The fourth-order valence-corrected chi connectivity index (χ4v) is 1.13. The van der Waals surface area contributed by atoms with Gasteiger partial charge in [-0.1, -0.05) is 13.8 Å². The van der Waals surface area contributed by atoms with Gasteiger partial charge in [0, 0.05) is 5.56 Å². The summed E-state index contributed by atoms with van der Waals surface area (Å²) in [6.45, 7) is 4.42. The van der Waals surface area contributed by atoms with E-state index in [0.29, 0.717) is 18.1 Å². The highest BCUT2D eigenvalue weighted by atomic mass is 16.5. The Hall–Kier alpha value is -2.02. The van der Waals surface area contributed by atoms with Crippen LogP contribution < -0.4 is 0 Å². The largest absolute Gasteiger partial charge is 0.472 e. The first-order chi connectivity index (χ1) is 8.13. The minimum atomic E-state index is -0.589. The van der Waals surface area contributed by atoms with Gasteiger partial charge in [0.05, 0.1) is 19.1 Å². The molecule has 0 spiro atoms. The van der Waals surface area contributed by atoms with Gasteiger partial charge in [-0.3, -0.25) is 0 Å². The van der Waals surface area contributed by atoms with Crippen molar-refractivity contribution in [3.05, 3.63) is 29.7 Å². The molecular formula is C13H15NO3. The molecule has 1 rings (SSSR count). The lowest BCUT2D eigenvalue weighted by atomic mass is 10.1. The van der Waals surface area contributed by atoms with E-state index in [1.54, 1.807) is 6.07 Å². The Balaban J connectivity index is 2.57. The molecule has 1 aromatic heterocycles. The molecule has 0 radical (unpaired) electrons. The Kier molecular flexibility index (Phi) is 5.02. The van der Waals surface area contributed by atoms with E-state index in [1.165, 1.54) is 18.6 Å². The molecule has 90 valence electrons. The Labute approximate surface area is 100 Å². The van der Waals surface area contributed by atoms with Crippen LogP contribution in [0.5, 0.6) is 0 Å². The summed E-state index contributed by atoms with van der Waals surface area (Å²) >= 11 is 0. The fourth-order valence-electron chi connectivity index (χ4n) is 1.13. The normalized spacial score (nSPS) is 11.3. The maximum absolute atomic E-state index is 11.5. The second-order valence-corrected chi connectivity index (χ2v) is 4.04. The highest BCUT2D eigenvalue weighted by molar-refractivity contribution is 5.97. The van der Waals surface area contributed by atoms with Gasteiger partial charge >= 0.3 is 5.97 Å². The molecule has 17 heavy (non-hydrogen) atoms. The Morgan fingerprint density at radius 3 is 2.94 bits per heavy atom. The van der Waals surface area contributed by atoms with Crippen molar-refractivity contribution in [1.82, 2.24) is 0 Å². The predicted octanol–water partition coefficient (Wildman–Crippen LogP) is 2.78. The number of carbonyl (C=O) groups excluding carboxylic acids is 1. The highest BCUT2D eigenvalue weighted by Gasteiger charge is 2.11. The summed E-state index contributed by atoms with van der Waals surface area (Å²) in [5.41, 5.74) is 0.650. The molecule has 0 fully saturated rings. The summed E-state index contributed by atoms with van der Waals surface area (Å²) in [6.07, 6.45) is 5.17. The minimum absolute atomic E-state index is 0.0184. The summed E-state index contributed by atoms with van der Waals surface area (Å²) in [7, 11) is 0. The van der Waals surface area contributed by atoms with E-state index in [-0.39, 0.29) is 5.57 Å². The lowest BCUT2D eigenvalue weighted by molar-refractivity contribution is -0.138. The lowest BCUT2D eigenvalue weighted by Crippen LogP contribution is -2.09. The van der Waals surface area contributed by atoms with Crippen LogP contribution in [0.3, 0.4) is 0 Å². The first kappa shape index (κ1) is 13.0. The molecule has 1 aromatic rings. The van der Waals surface area contributed by atoms with Crippen molar-refractivity contribution in [3.8, 4) is 6.07 Å². The van der Waals surface area contributed by atoms with Crippen molar-refractivity contribution in [2.75, 3.05) is 6.61 Å². The third-order valence-corrected chi connectivity index (χ3v) is 2.12. The van der Waals surface area contributed by atoms with E-state index in [1.807, 2.05) is 19.9 Å². The second-order valence-electron chi connectivity index (χ2n) is 4.04. The molecule has 4 nitrogen and oxygen atoms in total. The molecule has 0 N–H and O–H groups in total. The van der Waals surface area contributed by atoms with Crippen molar-refractivity contribution < 1.29 is 13.9 Å². The minimum Gasteiger partial charge on any atom is -0.472 e. The predicted molar refractivity (Wildman–Crippen MR) is 62.7 cm³/mol. The van der Waals surface area contributed by atoms with Crippen LogP contribution in [0.15, 0.2) is 28.6 Å². The maximum atomic E-state index is 11.5. The van der Waals surface area contributed by atoms with Crippen LogP contribution in [-0.2, 0) is 9.53 Å². The van der Waals surface area contributed by atoms with Crippen LogP contribution in [-0.4, -0.2) is 12.6 Å². The van der Waals surface area contributed by atoms with E-state index in [9.17, 15) is 4.79 Å². The van der Waals surface area contributed by atoms with Gasteiger partial charge in [-0.05, 0) is 24.5 Å². The van der Waals surface area contributed by atoms with Gasteiger partial charge in [-0.15, -0.1) is 0 Å². The van der Waals surface area contributed by atoms with Crippen molar-refractivity contribution >= 4 is 12.0 Å². The van der Waals surface area contributed by atoms with E-state index in [2.05, 4.69) is 0 Å². The van der Waals surface area contributed by atoms with Gasteiger partial charge in [0.1, 0.15) is 11.6 Å². The number of furan rings is 1. The Morgan fingerprint density at radius 1 is 1.65 bits per heavy atom. The number of esters is 1. The SMILES string of the molecule is CC(C)CCOC(=O)/C(C#N)=C/c1ccoc1. The number of carbonyl (C=O) groups is 1. The molecule has 1 heterocycles. The van der Waals surface area contributed by atoms with Gasteiger partial charge in [0.25, 0.3) is 0 Å². The van der Waals surface area contributed by atoms with Crippen molar-refractivity contribution in [1.29, 1.82) is 5.26 Å². The molecular weight excluding hydrogens is 218 g/mol. The van der Waals surface area contributed by atoms with Crippen LogP contribution in [0.2, 0.25) is 0 Å². The summed E-state index contributed by atoms with van der Waals surface area (Å²) in [6, 6.07) is 3.49. The summed E-state index contributed by atoms with van der Waals surface area (Å²) < 4.78 is 9.84. The number of ether oxygens (including phenoxy) is 1. The zero-order chi connectivity index (χ0) is 12.7. The van der Waals surface area contributed by atoms with Crippen LogP contribution in [0.25, 0.3) is 6.08 Å². The van der Waals surface area contributed by atoms with E-state index in [4.69, 9.17) is 14.4 Å². The number of rotatable bonds is 5. The number of nitriles is 1. The molecule has 0 aromatic carbocycles. The zero-order valence-corrected chi connectivity index (χ0v) is 9.97. The lowest BCUT2D eigenvalue weighted by Gasteiger charge is -2.05. The van der Waals surface area contributed by atoms with Crippen LogP contribution >= 0.6 is 0 Å². The second kappa shape index (κ2) is 6.54. The molecule has 0 saturated carbocycles. The Morgan fingerprint density at radius 2 is 2.41 bits per heavy atom. The van der Waals surface area contributed by atoms with E-state index in [0.717, 1.165) is 6.42 Å². The van der Waals surface area contributed by atoms with Crippen LogP contribution in [0.1, 0.15) is 25.8 Å². The van der Waals surface area contributed by atoms with Crippen LogP contribution in [0, 0.1) is 17.2 Å². The molecule has 0 aliphatic heterocycles. The standard InChI is InChI=1S/C13H15NO3/c1-10(2)3-6-17-13(15)12(8-14)7-11-4-5-16-9-11/h4-5,7,9-10H,3,6H2,1-2H3/b12-7+. The number of hydrogen-bond donors (Lipinski definition) is 0. The van der Waals surface area contributed by atoms with Crippen LogP contribution in [0.4, 0.5) is 0 Å². The molecule has 0 aliphatic rings. The fraction of sp³-hybridized carbons (Fsp3) is 0.385. The third kappa shape index (κ3) is 4.56. The smallest absolute Gasteiger partial charge is 0.348 e. The molecule has 0 atom stereocenters. The van der Waals surface area contributed by atoms with Gasteiger partial charge in [0.2, 0.25) is 0 Å². The van der Waals surface area contributed by atoms with E-state index < -0.39 is 5.97 Å². The summed E-state index contributed by atoms with van der Waals surface area (Å²) in [4.78, 5) is 11.5. The molecule has 0 bridgehead atoms. The summed E-state index contributed by atoms with van der Waals surface area (Å²) in [5, 5.41) is 8.85. The monoisotopic (exact) mass is 233 g/mol. The zero-order valence-electron chi connectivity index (χ0n) is 9.97. The topological polar surface area (TPSA) is 63.2 Å². The van der Waals surface area contributed by atoms with Crippen molar-refractivity contribution in [2.24, 2.45) is 5.92 Å². The number of hydrogen-bond acceptors (Lipinski definition) is 4. The molecule has 4 heteroatoms. The average molecular weight is 233 g/mol. The van der Waals surface area contributed by atoms with Crippen molar-refractivity contribution in [2.45, 2.75) is 20.3 Å². The highest BCUT2D eigenvalue weighted by Crippen LogP contribution is 2.09. The van der Waals surface area contributed by atoms with Crippen molar-refractivity contribution in [3.63, 3.8) is 0 Å². The average Bonchev–Trinajstić information content (AvgIpc) is 2.77. The van der Waals surface area contributed by atoms with Gasteiger partial charge < -0.3 is 9.15 Å². The quantitative estimate of drug-likeness (QED) is 0.445. The van der Waals surface area contributed by atoms with Gasteiger partial charge in [-0.25, -0.2) is 4.79 Å². The first-order valence-electron chi connectivity index (χ1n) is 5.44. The van der Waals surface area contributed by atoms with Gasteiger partial charge in [-0.2, -0.15) is 5.26 Å². The first-order valence-corrected chi connectivity index (χ1v) is 5.44. The summed E-state index contributed by atoms with van der Waals surface area (Å²) in [5.74, 6) is -0.125. The maximum Gasteiger partial charge on any atom is 0.348 e. The molecule has 0 unspecified atom stereocenters.